The van der Waals surface area contributed by atoms with Gasteiger partial charge in [-0.2, -0.15) is 0 Å². The largest absolute Gasteiger partial charge is 0.107 e. The minimum atomic E-state index is -0.381. The summed E-state index contributed by atoms with van der Waals surface area (Å²) in [6.07, 6.45) is 29.5. The van der Waals surface area contributed by atoms with Gasteiger partial charge in [0, 0.05) is 10.2 Å². The molecule has 0 nitrogen and oxygen atoms in total. The standard InChI is InChI=1S/C23H48Cl2Si/c1-2-3-4-5-6-7-8-9-10-11-12-13-14-15-16-17-18-19-20-21-22-23(24,25)26/h2-22H2,1,26H3. The van der Waals surface area contributed by atoms with Crippen molar-refractivity contribution >= 4 is 33.4 Å². The summed E-state index contributed by atoms with van der Waals surface area (Å²) >= 11 is 12.1. The molecule has 0 saturated carbocycles. The van der Waals surface area contributed by atoms with Crippen molar-refractivity contribution in [3.63, 3.8) is 0 Å². The fraction of sp³-hybridized carbons (Fsp3) is 1.00. The van der Waals surface area contributed by atoms with Gasteiger partial charge in [0.1, 0.15) is 0 Å². The molecule has 0 N–H and O–H groups in total. The van der Waals surface area contributed by atoms with E-state index in [0.29, 0.717) is 0 Å². The predicted octanol–water partition coefficient (Wildman–Crippen LogP) is 8.70. The lowest BCUT2D eigenvalue weighted by molar-refractivity contribution is 0.520. The maximum Gasteiger partial charge on any atom is 0.0972 e. The fourth-order valence-corrected chi connectivity index (χ4v) is 4.31. The molecule has 0 aromatic heterocycles. The van der Waals surface area contributed by atoms with Crippen LogP contribution in [0.25, 0.3) is 0 Å². The molecule has 0 heterocycles. The molecule has 0 rings (SSSR count). The first kappa shape index (κ1) is 26.8. The zero-order valence-corrected chi connectivity index (χ0v) is 21.6. The summed E-state index contributed by atoms with van der Waals surface area (Å²) in [5.41, 5.74) is 0. The van der Waals surface area contributed by atoms with Crippen molar-refractivity contribution in [1.29, 1.82) is 0 Å². The summed E-state index contributed by atoms with van der Waals surface area (Å²) < 4.78 is -0.381. The Kier molecular flexibility index (Phi) is 21.2. The first-order valence-corrected chi connectivity index (χ1v) is 13.7. The van der Waals surface area contributed by atoms with Gasteiger partial charge < -0.3 is 0 Å². The van der Waals surface area contributed by atoms with Gasteiger partial charge in [-0.05, 0) is 6.42 Å². The molecule has 0 aliphatic rings. The second kappa shape index (κ2) is 20.5. The molecular formula is C23H48Cl2Si. The van der Waals surface area contributed by atoms with Crippen molar-refractivity contribution in [1.82, 2.24) is 0 Å². The number of unbranched alkanes of at least 4 members (excludes halogenated alkanes) is 19. The molecule has 0 fully saturated rings. The Morgan fingerprint density at radius 1 is 0.462 bits per heavy atom. The summed E-state index contributed by atoms with van der Waals surface area (Å²) in [5, 5.41) is 0. The van der Waals surface area contributed by atoms with Crippen LogP contribution in [0.1, 0.15) is 142 Å². The average molecular weight is 424 g/mol. The summed E-state index contributed by atoms with van der Waals surface area (Å²) in [6.45, 7) is 2.30. The molecule has 3 heteroatoms. The van der Waals surface area contributed by atoms with Crippen LogP contribution >= 0.6 is 23.2 Å². The minimum Gasteiger partial charge on any atom is -0.107 e. The smallest absolute Gasteiger partial charge is 0.0972 e. The average Bonchev–Trinajstić information content (AvgIpc) is 2.59. The Morgan fingerprint density at radius 2 is 0.692 bits per heavy atom. The molecule has 158 valence electrons. The maximum absolute atomic E-state index is 6.05. The van der Waals surface area contributed by atoms with Gasteiger partial charge >= 0.3 is 0 Å². The molecule has 0 spiro atoms. The highest BCUT2D eigenvalue weighted by molar-refractivity contribution is 6.65. The summed E-state index contributed by atoms with van der Waals surface area (Å²) in [7, 11) is 0.880. The molecule has 0 unspecified atom stereocenters. The number of halogens is 2. The lowest BCUT2D eigenvalue weighted by Crippen LogP contribution is -2.11. The Balaban J connectivity index is 3.01. The van der Waals surface area contributed by atoms with E-state index in [2.05, 4.69) is 6.92 Å². The van der Waals surface area contributed by atoms with Gasteiger partial charge in [0.2, 0.25) is 0 Å². The van der Waals surface area contributed by atoms with Gasteiger partial charge in [0.25, 0.3) is 0 Å². The molecule has 0 atom stereocenters. The van der Waals surface area contributed by atoms with Gasteiger partial charge in [-0.15, -0.1) is 23.2 Å². The molecule has 0 aliphatic heterocycles. The number of hydrogen-bond donors (Lipinski definition) is 0. The second-order valence-electron chi connectivity index (χ2n) is 8.54. The molecule has 0 saturated heterocycles. The molecule has 0 bridgehead atoms. The lowest BCUT2D eigenvalue weighted by atomic mass is 10.0. The number of alkyl halides is 2. The lowest BCUT2D eigenvalue weighted by Gasteiger charge is -2.12. The van der Waals surface area contributed by atoms with E-state index in [1.807, 2.05) is 0 Å². The van der Waals surface area contributed by atoms with Gasteiger partial charge in [-0.1, -0.05) is 135 Å². The molecule has 0 aliphatic carbocycles. The van der Waals surface area contributed by atoms with Crippen LogP contribution in [0.4, 0.5) is 0 Å². The van der Waals surface area contributed by atoms with Crippen LogP contribution in [0.2, 0.25) is 0 Å². The zero-order chi connectivity index (χ0) is 19.3. The van der Waals surface area contributed by atoms with Crippen molar-refractivity contribution in [3.8, 4) is 0 Å². The molecule has 0 aromatic rings. The van der Waals surface area contributed by atoms with Gasteiger partial charge in [0.05, 0.1) is 3.96 Å². The first-order chi connectivity index (χ1) is 12.6. The van der Waals surface area contributed by atoms with Crippen LogP contribution in [-0.2, 0) is 0 Å². The molecule has 26 heavy (non-hydrogen) atoms. The highest BCUT2D eigenvalue weighted by Crippen LogP contribution is 2.24. The molecular weight excluding hydrogens is 375 g/mol. The van der Waals surface area contributed by atoms with Gasteiger partial charge in [-0.25, -0.2) is 0 Å². The van der Waals surface area contributed by atoms with E-state index in [9.17, 15) is 0 Å². The summed E-state index contributed by atoms with van der Waals surface area (Å²) in [5.74, 6) is 0. The van der Waals surface area contributed by atoms with Crippen molar-refractivity contribution in [2.24, 2.45) is 0 Å². The highest BCUT2D eigenvalue weighted by Gasteiger charge is 2.14. The van der Waals surface area contributed by atoms with Crippen LogP contribution in [0.15, 0.2) is 0 Å². The Bertz CT molecular complexity index is 263. The quantitative estimate of drug-likeness (QED) is 0.0983. The van der Waals surface area contributed by atoms with Crippen molar-refractivity contribution in [2.75, 3.05) is 0 Å². The van der Waals surface area contributed by atoms with E-state index < -0.39 is 0 Å². The van der Waals surface area contributed by atoms with Crippen LogP contribution in [-0.4, -0.2) is 14.2 Å². The zero-order valence-electron chi connectivity index (χ0n) is 18.1. The first-order valence-electron chi connectivity index (χ1n) is 11.9. The minimum absolute atomic E-state index is 0.381. The second-order valence-corrected chi connectivity index (χ2v) is 13.4. The van der Waals surface area contributed by atoms with E-state index in [0.717, 1.165) is 16.7 Å². The highest BCUT2D eigenvalue weighted by atomic mass is 35.5. The fourth-order valence-electron chi connectivity index (χ4n) is 3.69. The third kappa shape index (κ3) is 24.8. The van der Waals surface area contributed by atoms with Crippen LogP contribution in [0, 0.1) is 0 Å². The SMILES string of the molecule is CCCCCCCCCCCCCCCCCCCCCCC([SiH3])(Cl)Cl. The third-order valence-electron chi connectivity index (χ3n) is 5.47. The third-order valence-corrected chi connectivity index (χ3v) is 6.35. The van der Waals surface area contributed by atoms with E-state index in [4.69, 9.17) is 23.2 Å². The van der Waals surface area contributed by atoms with Crippen molar-refractivity contribution in [3.05, 3.63) is 0 Å². The Hall–Kier alpha value is 0.797. The molecule has 0 amide bonds. The monoisotopic (exact) mass is 422 g/mol. The maximum atomic E-state index is 6.05. The topological polar surface area (TPSA) is 0 Å². The number of rotatable bonds is 21. The predicted molar refractivity (Wildman–Crippen MR) is 127 cm³/mol. The van der Waals surface area contributed by atoms with E-state index >= 15 is 0 Å². The van der Waals surface area contributed by atoms with Crippen LogP contribution < -0.4 is 0 Å². The van der Waals surface area contributed by atoms with Crippen molar-refractivity contribution in [2.45, 2.75) is 146 Å². The summed E-state index contributed by atoms with van der Waals surface area (Å²) in [6, 6.07) is 0. The molecule has 0 aromatic carbocycles. The van der Waals surface area contributed by atoms with E-state index in [1.54, 1.807) is 0 Å². The number of hydrogen-bond acceptors (Lipinski definition) is 0. The van der Waals surface area contributed by atoms with Crippen molar-refractivity contribution < 1.29 is 0 Å². The van der Waals surface area contributed by atoms with E-state index in [1.165, 1.54) is 128 Å². The summed E-state index contributed by atoms with van der Waals surface area (Å²) in [4.78, 5) is 0. The molecule has 0 radical (unpaired) electrons. The van der Waals surface area contributed by atoms with Gasteiger partial charge in [-0.3, -0.25) is 0 Å². The Labute approximate surface area is 179 Å². The normalized spacial score (nSPS) is 12.1. The Morgan fingerprint density at radius 3 is 0.923 bits per heavy atom. The van der Waals surface area contributed by atoms with E-state index in [-0.39, 0.29) is 3.96 Å². The van der Waals surface area contributed by atoms with Crippen LogP contribution in [0.3, 0.4) is 0 Å². The van der Waals surface area contributed by atoms with Gasteiger partial charge in [0.15, 0.2) is 0 Å². The van der Waals surface area contributed by atoms with Crippen LogP contribution in [0.5, 0.6) is 0 Å².